The second kappa shape index (κ2) is 4.37. The first-order valence-electron chi connectivity index (χ1n) is 6.00. The molecule has 20 heavy (non-hydrogen) atoms. The fourth-order valence-electron chi connectivity index (χ4n) is 2.14. The number of likely N-dealkylation sites (tertiary alicyclic amines) is 1. The Morgan fingerprint density at radius 2 is 2.00 bits per heavy atom. The first kappa shape index (κ1) is 13.2. The van der Waals surface area contributed by atoms with E-state index in [1.807, 2.05) is 0 Å². The number of hydrogen-bond acceptors (Lipinski definition) is 3. The second-order valence-corrected chi connectivity index (χ2v) is 5.63. The van der Waals surface area contributed by atoms with E-state index in [2.05, 4.69) is 0 Å². The summed E-state index contributed by atoms with van der Waals surface area (Å²) in [6, 6.07) is 3.58. The number of amides is 1. The summed E-state index contributed by atoms with van der Waals surface area (Å²) in [5.41, 5.74) is -0.821. The third kappa shape index (κ3) is 1.93. The minimum Gasteiger partial charge on any atom is -0.506 e. The number of alkyl halides is 3. The molecule has 3 rings (SSSR count). The van der Waals surface area contributed by atoms with Gasteiger partial charge in [0.2, 0.25) is 0 Å². The van der Waals surface area contributed by atoms with E-state index in [4.69, 9.17) is 0 Å². The molecule has 0 atom stereocenters. The van der Waals surface area contributed by atoms with Crippen molar-refractivity contribution in [3.8, 4) is 5.75 Å². The number of aromatic hydroxyl groups is 1. The number of nitrogens with zero attached hydrogens (tertiary/aromatic N) is 1. The highest BCUT2D eigenvalue weighted by Gasteiger charge is 2.35. The number of rotatable bonds is 1. The maximum absolute atomic E-state index is 12.9. The van der Waals surface area contributed by atoms with E-state index in [0.29, 0.717) is 24.4 Å². The maximum Gasteiger partial charge on any atom is 0.417 e. The average Bonchev–Trinajstić information content (AvgIpc) is 2.63. The van der Waals surface area contributed by atoms with Gasteiger partial charge in [-0.15, -0.1) is 11.3 Å². The first-order valence-corrected chi connectivity index (χ1v) is 6.82. The van der Waals surface area contributed by atoms with Crippen LogP contribution in [0.1, 0.15) is 21.7 Å². The van der Waals surface area contributed by atoms with Crippen LogP contribution >= 0.6 is 11.3 Å². The molecule has 0 aliphatic carbocycles. The van der Waals surface area contributed by atoms with Crippen molar-refractivity contribution in [2.45, 2.75) is 12.6 Å². The Balaban J connectivity index is 2.16. The van der Waals surface area contributed by atoms with Gasteiger partial charge in [-0.25, -0.2) is 0 Å². The summed E-state index contributed by atoms with van der Waals surface area (Å²) in [5, 5.41) is 10.1. The van der Waals surface area contributed by atoms with E-state index in [1.54, 1.807) is 0 Å². The third-order valence-corrected chi connectivity index (χ3v) is 4.55. The average molecular weight is 301 g/mol. The molecule has 1 aliphatic heterocycles. The molecule has 2 heterocycles. The quantitative estimate of drug-likeness (QED) is 0.876. The summed E-state index contributed by atoms with van der Waals surface area (Å²) >= 11 is 0.702. The molecule has 0 spiro atoms. The van der Waals surface area contributed by atoms with Crippen molar-refractivity contribution in [3.63, 3.8) is 0 Å². The van der Waals surface area contributed by atoms with Crippen molar-refractivity contribution in [1.29, 1.82) is 0 Å². The van der Waals surface area contributed by atoms with E-state index in [-0.39, 0.29) is 20.7 Å². The normalized spacial score (nSPS) is 15.4. The lowest BCUT2D eigenvalue weighted by Crippen LogP contribution is -2.41. The molecular formula is C13H10F3NO2S. The number of halogens is 3. The molecule has 7 heteroatoms. The Labute approximate surface area is 116 Å². The lowest BCUT2D eigenvalue weighted by molar-refractivity contribution is -0.136. The van der Waals surface area contributed by atoms with Gasteiger partial charge in [0.25, 0.3) is 5.91 Å². The first-order chi connectivity index (χ1) is 9.39. The number of carbonyl (C=O) groups excluding carboxylic acids is 1. The van der Waals surface area contributed by atoms with E-state index in [9.17, 15) is 23.1 Å². The number of hydrogen-bond donors (Lipinski definition) is 1. The van der Waals surface area contributed by atoms with E-state index < -0.39 is 17.6 Å². The van der Waals surface area contributed by atoms with Crippen molar-refractivity contribution < 1.29 is 23.1 Å². The van der Waals surface area contributed by atoms with Gasteiger partial charge in [-0.1, -0.05) is 6.07 Å². The van der Waals surface area contributed by atoms with Crippen LogP contribution in [0.4, 0.5) is 13.2 Å². The molecule has 3 nitrogen and oxygen atoms in total. The van der Waals surface area contributed by atoms with Gasteiger partial charge in [-0.3, -0.25) is 4.79 Å². The van der Waals surface area contributed by atoms with E-state index in [1.165, 1.54) is 17.0 Å². The van der Waals surface area contributed by atoms with E-state index in [0.717, 1.165) is 12.5 Å². The zero-order valence-corrected chi connectivity index (χ0v) is 11.0. The molecule has 0 unspecified atom stereocenters. The predicted molar refractivity (Wildman–Crippen MR) is 69.0 cm³/mol. The lowest BCUT2D eigenvalue weighted by Gasteiger charge is -2.30. The van der Waals surface area contributed by atoms with Gasteiger partial charge in [-0.05, 0) is 18.6 Å². The summed E-state index contributed by atoms with van der Waals surface area (Å²) in [6.07, 6.45) is -3.63. The van der Waals surface area contributed by atoms with Crippen LogP contribution in [0.25, 0.3) is 10.1 Å². The van der Waals surface area contributed by atoms with Gasteiger partial charge in [0, 0.05) is 18.5 Å². The highest BCUT2D eigenvalue weighted by atomic mass is 32.1. The number of benzene rings is 1. The summed E-state index contributed by atoms with van der Waals surface area (Å²) in [7, 11) is 0. The summed E-state index contributed by atoms with van der Waals surface area (Å²) in [5.74, 6) is -0.754. The van der Waals surface area contributed by atoms with E-state index >= 15 is 0 Å². The highest BCUT2D eigenvalue weighted by Crippen LogP contribution is 2.44. The minimum atomic E-state index is -4.51. The van der Waals surface area contributed by atoms with Crippen LogP contribution in [0.3, 0.4) is 0 Å². The number of carbonyl (C=O) groups is 1. The number of thiophene rings is 1. The Morgan fingerprint density at radius 3 is 2.55 bits per heavy atom. The van der Waals surface area contributed by atoms with Gasteiger partial charge in [0.05, 0.1) is 10.3 Å². The van der Waals surface area contributed by atoms with Crippen LogP contribution in [0.5, 0.6) is 5.75 Å². The molecule has 0 radical (unpaired) electrons. The second-order valence-electron chi connectivity index (χ2n) is 4.61. The summed E-state index contributed by atoms with van der Waals surface area (Å²) < 4.78 is 38.7. The van der Waals surface area contributed by atoms with Crippen molar-refractivity contribution in [2.75, 3.05) is 13.1 Å². The van der Waals surface area contributed by atoms with Crippen LogP contribution < -0.4 is 0 Å². The Hall–Kier alpha value is -1.76. The summed E-state index contributed by atoms with van der Waals surface area (Å²) in [6.45, 7) is 1.16. The van der Waals surface area contributed by atoms with Crippen LogP contribution in [-0.2, 0) is 6.18 Å². The molecule has 1 aliphatic rings. The monoisotopic (exact) mass is 301 g/mol. The Kier molecular flexibility index (Phi) is 2.89. The molecular weight excluding hydrogens is 291 g/mol. The standard InChI is InChI=1S/C13H10F3NO2S/c14-13(15,16)8-4-1-3-7-9(18)11(20-10(7)8)12(19)17-5-2-6-17/h1,3-4,18H,2,5-6H2. The van der Waals surface area contributed by atoms with Crippen LogP contribution in [0.15, 0.2) is 18.2 Å². The molecule has 1 aromatic carbocycles. The smallest absolute Gasteiger partial charge is 0.417 e. The predicted octanol–water partition coefficient (Wildman–Crippen LogP) is 3.47. The van der Waals surface area contributed by atoms with Gasteiger partial charge in [0.15, 0.2) is 0 Å². The van der Waals surface area contributed by atoms with Gasteiger partial charge >= 0.3 is 6.18 Å². The van der Waals surface area contributed by atoms with Crippen LogP contribution in [-0.4, -0.2) is 29.0 Å². The van der Waals surface area contributed by atoms with Crippen LogP contribution in [0, 0.1) is 0 Å². The molecule has 1 saturated heterocycles. The van der Waals surface area contributed by atoms with Crippen molar-refractivity contribution in [3.05, 3.63) is 28.6 Å². The largest absolute Gasteiger partial charge is 0.506 e. The fourth-order valence-corrected chi connectivity index (χ4v) is 3.33. The summed E-state index contributed by atoms with van der Waals surface area (Å²) in [4.78, 5) is 13.6. The lowest BCUT2D eigenvalue weighted by atomic mass is 10.1. The fraction of sp³-hybridized carbons (Fsp3) is 0.308. The van der Waals surface area contributed by atoms with Crippen molar-refractivity contribution in [2.24, 2.45) is 0 Å². The van der Waals surface area contributed by atoms with Crippen molar-refractivity contribution >= 4 is 27.3 Å². The maximum atomic E-state index is 12.9. The zero-order chi connectivity index (χ0) is 14.5. The molecule has 1 fully saturated rings. The zero-order valence-electron chi connectivity index (χ0n) is 10.2. The van der Waals surface area contributed by atoms with Gasteiger partial charge in [0.1, 0.15) is 10.6 Å². The molecule has 1 N–H and O–H groups in total. The van der Waals surface area contributed by atoms with Crippen molar-refractivity contribution in [1.82, 2.24) is 4.90 Å². The molecule has 106 valence electrons. The molecule has 1 aromatic heterocycles. The molecule has 2 aromatic rings. The van der Waals surface area contributed by atoms with Crippen LogP contribution in [0.2, 0.25) is 0 Å². The molecule has 0 saturated carbocycles. The third-order valence-electron chi connectivity index (χ3n) is 3.33. The highest BCUT2D eigenvalue weighted by molar-refractivity contribution is 7.21. The number of fused-ring (bicyclic) bond motifs is 1. The van der Waals surface area contributed by atoms with Gasteiger partial charge in [-0.2, -0.15) is 13.2 Å². The van der Waals surface area contributed by atoms with Gasteiger partial charge < -0.3 is 10.0 Å². The SMILES string of the molecule is O=C(c1sc2c(C(F)(F)F)cccc2c1O)N1CCC1. The Bertz CT molecular complexity index is 689. The topological polar surface area (TPSA) is 40.5 Å². The molecule has 1 amide bonds. The molecule has 0 bridgehead atoms. The minimum absolute atomic E-state index is 0.0172. The Morgan fingerprint density at radius 1 is 1.30 bits per heavy atom.